The predicted octanol–water partition coefficient (Wildman–Crippen LogP) is 3.17. The van der Waals surface area contributed by atoms with Crippen LogP contribution in [0.25, 0.3) is 0 Å². The molecule has 0 aliphatic carbocycles. The molecule has 3 rings (SSSR count). The predicted molar refractivity (Wildman–Crippen MR) is 86.4 cm³/mol. The van der Waals surface area contributed by atoms with Crippen molar-refractivity contribution in [3.05, 3.63) is 48.2 Å². The summed E-state index contributed by atoms with van der Waals surface area (Å²) in [6.45, 7) is 5.38. The number of oxazole rings is 1. The van der Waals surface area contributed by atoms with E-state index in [9.17, 15) is 4.79 Å². The van der Waals surface area contributed by atoms with Crippen molar-refractivity contribution in [3.8, 4) is 5.75 Å². The summed E-state index contributed by atoms with van der Waals surface area (Å²) in [5, 5.41) is 0. The molecule has 2 heterocycles. The minimum Gasteiger partial charge on any atom is -0.494 e. The third-order valence-electron chi connectivity index (χ3n) is 4.22. The average Bonchev–Trinajstić information content (AvgIpc) is 3.10. The van der Waals surface area contributed by atoms with Gasteiger partial charge >= 0.3 is 0 Å². The van der Waals surface area contributed by atoms with Crippen LogP contribution in [0.5, 0.6) is 5.75 Å². The van der Waals surface area contributed by atoms with Gasteiger partial charge in [0.25, 0.3) is 5.89 Å². The van der Waals surface area contributed by atoms with E-state index in [0.29, 0.717) is 6.61 Å². The number of nitrogens with zero attached hydrogens (tertiary/aromatic N) is 2. The maximum absolute atomic E-state index is 12.3. The fourth-order valence-corrected chi connectivity index (χ4v) is 3.03. The number of likely N-dealkylation sites (tertiary alicyclic amines) is 1. The monoisotopic (exact) mass is 314 g/mol. The van der Waals surface area contributed by atoms with Crippen LogP contribution in [0.4, 0.5) is 0 Å². The van der Waals surface area contributed by atoms with Crippen molar-refractivity contribution in [2.45, 2.75) is 26.3 Å². The molecule has 1 aromatic heterocycles. The molecule has 0 unspecified atom stereocenters. The molecule has 2 aromatic rings. The van der Waals surface area contributed by atoms with Gasteiger partial charge in [-0.15, -0.1) is 0 Å². The number of rotatable bonds is 6. The average molecular weight is 314 g/mol. The Hall–Kier alpha value is -2.14. The van der Waals surface area contributed by atoms with Gasteiger partial charge in [-0.25, -0.2) is 4.98 Å². The van der Waals surface area contributed by atoms with E-state index in [1.165, 1.54) is 18.0 Å². The van der Waals surface area contributed by atoms with Crippen LogP contribution in [0.1, 0.15) is 36.0 Å². The second-order valence-electron chi connectivity index (χ2n) is 5.83. The zero-order chi connectivity index (χ0) is 16.1. The van der Waals surface area contributed by atoms with Crippen molar-refractivity contribution < 1.29 is 13.9 Å². The van der Waals surface area contributed by atoms with Crippen molar-refractivity contribution in [1.29, 1.82) is 0 Å². The van der Waals surface area contributed by atoms with Gasteiger partial charge in [-0.05, 0) is 50.6 Å². The topological polar surface area (TPSA) is 55.6 Å². The van der Waals surface area contributed by atoms with E-state index < -0.39 is 0 Å². The van der Waals surface area contributed by atoms with Crippen molar-refractivity contribution in [1.82, 2.24) is 9.88 Å². The highest BCUT2D eigenvalue weighted by atomic mass is 16.5. The fourth-order valence-electron chi connectivity index (χ4n) is 3.03. The molecule has 5 heteroatoms. The lowest BCUT2D eigenvalue weighted by atomic mass is 9.92. The summed E-state index contributed by atoms with van der Waals surface area (Å²) in [5.41, 5.74) is 1.24. The maximum Gasteiger partial charge on any atom is 0.263 e. The Morgan fingerprint density at radius 1 is 1.39 bits per heavy atom. The fraction of sp³-hybridized carbons (Fsp3) is 0.444. The summed E-state index contributed by atoms with van der Waals surface area (Å²) in [6, 6.07) is 8.22. The molecule has 0 N–H and O–H groups in total. The van der Waals surface area contributed by atoms with Gasteiger partial charge in [0.15, 0.2) is 0 Å². The van der Waals surface area contributed by atoms with Crippen molar-refractivity contribution in [2.24, 2.45) is 5.92 Å². The van der Waals surface area contributed by atoms with Crippen molar-refractivity contribution in [2.75, 3.05) is 19.7 Å². The second-order valence-corrected chi connectivity index (χ2v) is 5.83. The molecule has 0 atom stereocenters. The van der Waals surface area contributed by atoms with E-state index in [0.717, 1.165) is 38.2 Å². The highest BCUT2D eigenvalue weighted by Crippen LogP contribution is 2.23. The lowest BCUT2D eigenvalue weighted by Crippen LogP contribution is -2.36. The molecule has 23 heavy (non-hydrogen) atoms. The molecule has 122 valence electrons. The molecule has 1 aromatic carbocycles. The molecule has 0 amide bonds. The number of hydrogen-bond donors (Lipinski definition) is 0. The Kier molecular flexibility index (Phi) is 5.08. The Balaban J connectivity index is 1.53. The molecule has 1 fully saturated rings. The third kappa shape index (κ3) is 3.99. The van der Waals surface area contributed by atoms with Gasteiger partial charge in [0.2, 0.25) is 5.78 Å². The van der Waals surface area contributed by atoms with Gasteiger partial charge in [-0.3, -0.25) is 9.69 Å². The number of hydrogen-bond acceptors (Lipinski definition) is 5. The van der Waals surface area contributed by atoms with E-state index in [-0.39, 0.29) is 17.6 Å². The van der Waals surface area contributed by atoms with Gasteiger partial charge in [0, 0.05) is 12.5 Å². The number of aromatic nitrogens is 1. The molecule has 5 nitrogen and oxygen atoms in total. The molecule has 0 spiro atoms. The summed E-state index contributed by atoms with van der Waals surface area (Å²) in [6.07, 6.45) is 4.68. The second kappa shape index (κ2) is 7.42. The number of carbonyl (C=O) groups excluding carboxylic acids is 1. The molecule has 0 saturated carbocycles. The van der Waals surface area contributed by atoms with E-state index >= 15 is 0 Å². The van der Waals surface area contributed by atoms with E-state index in [1.807, 2.05) is 19.1 Å². The first-order valence-corrected chi connectivity index (χ1v) is 8.14. The number of carbonyl (C=O) groups is 1. The van der Waals surface area contributed by atoms with E-state index in [2.05, 4.69) is 22.0 Å². The third-order valence-corrected chi connectivity index (χ3v) is 4.22. The standard InChI is InChI=1S/C18H22N2O3/c1-2-22-16-5-3-4-14(12-16)13-20-9-6-15(7-10-20)17(21)18-19-8-11-23-18/h3-5,8,11-12,15H,2,6-7,9-10,13H2,1H3. The largest absolute Gasteiger partial charge is 0.494 e. The minimum atomic E-state index is 0.0275. The van der Waals surface area contributed by atoms with Crippen molar-refractivity contribution >= 4 is 5.78 Å². The molecule has 1 aliphatic rings. The Morgan fingerprint density at radius 2 is 2.22 bits per heavy atom. The van der Waals surface area contributed by atoms with Gasteiger partial charge in [-0.2, -0.15) is 0 Å². The summed E-state index contributed by atoms with van der Waals surface area (Å²) in [4.78, 5) is 18.6. The van der Waals surface area contributed by atoms with Gasteiger partial charge in [0.05, 0.1) is 12.8 Å². The van der Waals surface area contributed by atoms with E-state index in [1.54, 1.807) is 0 Å². The van der Waals surface area contributed by atoms with E-state index in [4.69, 9.17) is 9.15 Å². The van der Waals surface area contributed by atoms with Gasteiger partial charge in [0.1, 0.15) is 12.0 Å². The SMILES string of the molecule is CCOc1cccc(CN2CCC(C(=O)c3ncco3)CC2)c1. The van der Waals surface area contributed by atoms with Crippen LogP contribution < -0.4 is 4.74 Å². The van der Waals surface area contributed by atoms with Crippen LogP contribution in [0.15, 0.2) is 41.1 Å². The Bertz CT molecular complexity index is 631. The number of piperidine rings is 1. The summed E-state index contributed by atoms with van der Waals surface area (Å²) < 4.78 is 10.7. The Morgan fingerprint density at radius 3 is 2.91 bits per heavy atom. The zero-order valence-corrected chi connectivity index (χ0v) is 13.4. The van der Waals surface area contributed by atoms with Crippen LogP contribution in [-0.4, -0.2) is 35.4 Å². The first-order valence-electron chi connectivity index (χ1n) is 8.14. The van der Waals surface area contributed by atoms with Gasteiger partial charge in [-0.1, -0.05) is 12.1 Å². The van der Waals surface area contributed by atoms with Crippen LogP contribution in [0.3, 0.4) is 0 Å². The number of ether oxygens (including phenoxy) is 1. The molecular weight excluding hydrogens is 292 g/mol. The molecule has 1 saturated heterocycles. The number of Topliss-reactive ketones (excluding diaryl/α,β-unsaturated/α-hetero) is 1. The first-order chi connectivity index (χ1) is 11.3. The normalized spacial score (nSPS) is 16.4. The summed E-state index contributed by atoms with van der Waals surface area (Å²) >= 11 is 0. The number of ketones is 1. The molecular formula is C18H22N2O3. The summed E-state index contributed by atoms with van der Waals surface area (Å²) in [7, 11) is 0. The smallest absolute Gasteiger partial charge is 0.263 e. The lowest BCUT2D eigenvalue weighted by molar-refractivity contribution is 0.0799. The minimum absolute atomic E-state index is 0.0275. The zero-order valence-electron chi connectivity index (χ0n) is 13.4. The first kappa shape index (κ1) is 15.7. The molecule has 0 bridgehead atoms. The maximum atomic E-state index is 12.3. The quantitative estimate of drug-likeness (QED) is 0.767. The van der Waals surface area contributed by atoms with Crippen LogP contribution >= 0.6 is 0 Å². The summed E-state index contributed by atoms with van der Waals surface area (Å²) in [5.74, 6) is 1.22. The van der Waals surface area contributed by atoms with Crippen LogP contribution in [-0.2, 0) is 6.54 Å². The number of benzene rings is 1. The Labute approximate surface area is 136 Å². The van der Waals surface area contributed by atoms with Crippen molar-refractivity contribution in [3.63, 3.8) is 0 Å². The highest BCUT2D eigenvalue weighted by molar-refractivity contribution is 5.93. The lowest BCUT2D eigenvalue weighted by Gasteiger charge is -2.30. The molecule has 1 aliphatic heterocycles. The van der Waals surface area contributed by atoms with Gasteiger partial charge < -0.3 is 9.15 Å². The molecule has 0 radical (unpaired) electrons. The highest BCUT2D eigenvalue weighted by Gasteiger charge is 2.28. The van der Waals surface area contributed by atoms with Crippen LogP contribution in [0, 0.1) is 5.92 Å². The van der Waals surface area contributed by atoms with Crippen LogP contribution in [0.2, 0.25) is 0 Å².